The molecule has 1 aliphatic rings. The number of amides is 1. The van der Waals surface area contributed by atoms with Gasteiger partial charge in [0.05, 0.1) is 6.04 Å². The molecule has 0 spiro atoms. The fourth-order valence-corrected chi connectivity index (χ4v) is 5.33. The van der Waals surface area contributed by atoms with Crippen LogP contribution >= 0.6 is 0 Å². The van der Waals surface area contributed by atoms with Crippen LogP contribution in [0.4, 0.5) is 0 Å². The molecule has 0 saturated carbocycles. The molecule has 0 aliphatic carbocycles. The van der Waals surface area contributed by atoms with Crippen molar-refractivity contribution in [3.05, 3.63) is 80.0 Å². The Hall–Kier alpha value is -4.34. The van der Waals surface area contributed by atoms with Gasteiger partial charge in [-0.3, -0.25) is 18.7 Å². The smallest absolute Gasteiger partial charge is 0.332 e. The van der Waals surface area contributed by atoms with Gasteiger partial charge in [-0.1, -0.05) is 18.2 Å². The second-order valence-corrected chi connectivity index (χ2v) is 9.78. The van der Waals surface area contributed by atoms with Crippen molar-refractivity contribution >= 4 is 29.2 Å². The highest BCUT2D eigenvalue weighted by Crippen LogP contribution is 2.27. The highest BCUT2D eigenvalue weighted by Gasteiger charge is 2.28. The van der Waals surface area contributed by atoms with Gasteiger partial charge in [-0.15, -0.1) is 0 Å². The molecule has 1 amide bonds. The Balaban J connectivity index is 1.27. The first-order valence-electron chi connectivity index (χ1n) is 13.3. The molecular formula is C29H34N6O4. The maximum atomic E-state index is 12.9. The van der Waals surface area contributed by atoms with Gasteiger partial charge in [-0.2, -0.15) is 0 Å². The summed E-state index contributed by atoms with van der Waals surface area (Å²) in [5.74, 6) is 1.14. The SMILES string of the molecule is CCn1c(=O)c2c(nc(/C=C/c3ccc(OCC(=O)N4CCn5c(C)ccc5C4C)cc3)n2C)n(CC)c1=O. The Morgan fingerprint density at radius 3 is 2.44 bits per heavy atom. The van der Waals surface area contributed by atoms with Crippen molar-refractivity contribution in [2.45, 2.75) is 53.4 Å². The lowest BCUT2D eigenvalue weighted by atomic mass is 10.1. The largest absolute Gasteiger partial charge is 0.484 e. The molecule has 0 fully saturated rings. The van der Waals surface area contributed by atoms with Crippen LogP contribution < -0.4 is 16.0 Å². The Bertz CT molecular complexity index is 1690. The van der Waals surface area contributed by atoms with Gasteiger partial charge in [-0.25, -0.2) is 9.78 Å². The van der Waals surface area contributed by atoms with E-state index in [0.717, 1.165) is 17.8 Å². The second kappa shape index (κ2) is 10.4. The van der Waals surface area contributed by atoms with Gasteiger partial charge in [0.15, 0.2) is 17.8 Å². The van der Waals surface area contributed by atoms with Crippen molar-refractivity contribution in [2.75, 3.05) is 13.2 Å². The van der Waals surface area contributed by atoms with Crippen molar-refractivity contribution < 1.29 is 9.53 Å². The number of aromatic nitrogens is 5. The van der Waals surface area contributed by atoms with E-state index in [1.54, 1.807) is 18.5 Å². The molecule has 0 radical (unpaired) electrons. The lowest BCUT2D eigenvalue weighted by molar-refractivity contribution is -0.136. The van der Waals surface area contributed by atoms with Gasteiger partial charge in [0.1, 0.15) is 11.6 Å². The Morgan fingerprint density at radius 1 is 1.03 bits per heavy atom. The van der Waals surface area contributed by atoms with Gasteiger partial charge in [0, 0.05) is 44.6 Å². The van der Waals surface area contributed by atoms with E-state index in [2.05, 4.69) is 35.5 Å². The molecule has 5 rings (SSSR count). The Labute approximate surface area is 226 Å². The third-order valence-corrected chi connectivity index (χ3v) is 7.59. The molecule has 1 aromatic carbocycles. The summed E-state index contributed by atoms with van der Waals surface area (Å²) in [6.45, 7) is 9.94. The number of aryl methyl sites for hydroxylation is 3. The summed E-state index contributed by atoms with van der Waals surface area (Å²) in [6, 6.07) is 11.6. The highest BCUT2D eigenvalue weighted by atomic mass is 16.5. The van der Waals surface area contributed by atoms with E-state index in [1.165, 1.54) is 14.8 Å². The van der Waals surface area contributed by atoms with E-state index >= 15 is 0 Å². The quantitative estimate of drug-likeness (QED) is 0.366. The van der Waals surface area contributed by atoms with E-state index in [0.29, 0.717) is 42.4 Å². The number of carbonyl (C=O) groups excluding carboxylic acids is 1. The molecule has 4 heterocycles. The molecule has 0 bridgehead atoms. The molecule has 4 aromatic rings. The van der Waals surface area contributed by atoms with Crippen LogP contribution in [0.15, 0.2) is 46.0 Å². The minimum atomic E-state index is -0.348. The third kappa shape index (κ3) is 4.60. The monoisotopic (exact) mass is 530 g/mol. The minimum Gasteiger partial charge on any atom is -0.484 e. The van der Waals surface area contributed by atoms with Crippen molar-refractivity contribution in [2.24, 2.45) is 7.05 Å². The van der Waals surface area contributed by atoms with Crippen LogP contribution in [0.25, 0.3) is 23.3 Å². The summed E-state index contributed by atoms with van der Waals surface area (Å²) in [6.07, 6.45) is 3.70. The van der Waals surface area contributed by atoms with Crippen LogP contribution in [0.3, 0.4) is 0 Å². The standard InChI is InChI=1S/C29H34N6O4/c1-6-32-27-26(28(37)33(7-2)29(32)38)31(5)24(30-27)15-11-21-9-12-22(13-10-21)39-18-25(36)35-17-16-34-19(3)8-14-23(34)20(35)4/h8-15,20H,6-7,16-18H2,1-5H3/b15-11+. The van der Waals surface area contributed by atoms with Gasteiger partial charge < -0.3 is 18.8 Å². The summed E-state index contributed by atoms with van der Waals surface area (Å²) in [5.41, 5.74) is 3.37. The number of carbonyl (C=O) groups is 1. The van der Waals surface area contributed by atoms with Gasteiger partial charge in [-0.05, 0) is 63.6 Å². The minimum absolute atomic E-state index is 0.00992. The van der Waals surface area contributed by atoms with Crippen LogP contribution in [0.5, 0.6) is 5.75 Å². The van der Waals surface area contributed by atoms with Gasteiger partial charge in [0.25, 0.3) is 11.5 Å². The number of hydrogen-bond donors (Lipinski definition) is 0. The predicted octanol–water partition coefficient (Wildman–Crippen LogP) is 3.20. The summed E-state index contributed by atoms with van der Waals surface area (Å²) in [4.78, 5) is 44.9. The second-order valence-electron chi connectivity index (χ2n) is 9.78. The number of fused-ring (bicyclic) bond motifs is 2. The molecule has 0 N–H and O–H groups in total. The van der Waals surface area contributed by atoms with Crippen LogP contribution in [0.1, 0.15) is 49.6 Å². The van der Waals surface area contributed by atoms with E-state index in [4.69, 9.17) is 4.74 Å². The van der Waals surface area contributed by atoms with Crippen molar-refractivity contribution in [1.82, 2.24) is 28.2 Å². The van der Waals surface area contributed by atoms with Gasteiger partial charge >= 0.3 is 5.69 Å². The van der Waals surface area contributed by atoms with Gasteiger partial charge in [0.2, 0.25) is 0 Å². The Morgan fingerprint density at radius 2 is 1.74 bits per heavy atom. The molecule has 204 valence electrons. The zero-order valence-corrected chi connectivity index (χ0v) is 23.0. The number of nitrogens with zero attached hydrogens (tertiary/aromatic N) is 6. The molecule has 3 aromatic heterocycles. The average Bonchev–Trinajstić information content (AvgIpc) is 3.47. The molecule has 39 heavy (non-hydrogen) atoms. The summed E-state index contributed by atoms with van der Waals surface area (Å²) in [7, 11) is 1.77. The molecule has 0 saturated heterocycles. The highest BCUT2D eigenvalue weighted by molar-refractivity contribution is 5.79. The molecular weight excluding hydrogens is 496 g/mol. The number of imidazole rings is 1. The fraction of sp³-hybridized carbons (Fsp3) is 0.379. The normalized spacial score (nSPS) is 15.3. The number of rotatable bonds is 7. The molecule has 10 nitrogen and oxygen atoms in total. The van der Waals surface area contributed by atoms with Crippen LogP contribution in [-0.4, -0.2) is 47.2 Å². The van der Waals surface area contributed by atoms with E-state index in [9.17, 15) is 14.4 Å². The topological polar surface area (TPSA) is 96.3 Å². The van der Waals surface area contributed by atoms with Crippen LogP contribution in [-0.2, 0) is 31.5 Å². The lowest BCUT2D eigenvalue weighted by Crippen LogP contribution is -2.43. The third-order valence-electron chi connectivity index (χ3n) is 7.59. The van der Waals surface area contributed by atoms with Crippen molar-refractivity contribution in [1.29, 1.82) is 0 Å². The maximum Gasteiger partial charge on any atom is 0.332 e. The lowest BCUT2D eigenvalue weighted by Gasteiger charge is -2.35. The number of ether oxygens (including phenoxy) is 1. The van der Waals surface area contributed by atoms with Crippen LogP contribution in [0, 0.1) is 6.92 Å². The van der Waals surface area contributed by atoms with Crippen molar-refractivity contribution in [3.63, 3.8) is 0 Å². The Kier molecular flexibility index (Phi) is 7.03. The van der Waals surface area contributed by atoms with E-state index < -0.39 is 0 Å². The summed E-state index contributed by atoms with van der Waals surface area (Å²) in [5, 5.41) is 0. The molecule has 1 atom stereocenters. The molecule has 1 aliphatic heterocycles. The maximum absolute atomic E-state index is 12.9. The zero-order valence-electron chi connectivity index (χ0n) is 23.0. The van der Waals surface area contributed by atoms with Crippen molar-refractivity contribution in [3.8, 4) is 5.75 Å². The summed E-state index contributed by atoms with van der Waals surface area (Å²) >= 11 is 0. The average molecular weight is 531 g/mol. The van der Waals surface area contributed by atoms with E-state index in [1.807, 2.05) is 48.2 Å². The summed E-state index contributed by atoms with van der Waals surface area (Å²) < 4.78 is 12.5. The van der Waals surface area contributed by atoms with Crippen LogP contribution in [0.2, 0.25) is 0 Å². The number of hydrogen-bond acceptors (Lipinski definition) is 5. The number of benzene rings is 1. The van der Waals surface area contributed by atoms with E-state index in [-0.39, 0.29) is 29.8 Å². The molecule has 1 unspecified atom stereocenters. The first-order chi connectivity index (χ1) is 18.7. The zero-order chi connectivity index (χ0) is 27.8. The predicted molar refractivity (Wildman–Crippen MR) is 151 cm³/mol. The first kappa shape index (κ1) is 26.3. The molecule has 10 heteroatoms. The fourth-order valence-electron chi connectivity index (χ4n) is 5.33. The first-order valence-corrected chi connectivity index (χ1v) is 13.3.